The first-order chi connectivity index (χ1) is 22.2. The summed E-state index contributed by atoms with van der Waals surface area (Å²) in [6.07, 6.45) is -2.49. The predicted octanol–water partition coefficient (Wildman–Crippen LogP) is 4.14. The minimum absolute atomic E-state index is 0.0742. The molecule has 1 aliphatic rings. The molecule has 5 rings (SSSR count). The van der Waals surface area contributed by atoms with Gasteiger partial charge >= 0.3 is 5.69 Å². The van der Waals surface area contributed by atoms with Crippen molar-refractivity contribution in [3.05, 3.63) is 118 Å². The molecular weight excluding hydrogens is 590 g/mol. The molecule has 1 aliphatic heterocycles. The number of aliphatic hydroxyl groups excluding tert-OH is 1. The number of carbonyl (C=O) groups excluding carboxylic acids is 1. The number of nitrogens with one attached hydrogen (secondary N) is 1. The number of ether oxygens (including phenoxy) is 5. The van der Waals surface area contributed by atoms with Gasteiger partial charge in [-0.25, -0.2) is 4.79 Å². The normalized spacial score (nSPS) is 19.6. The maximum absolute atomic E-state index is 13.1. The summed E-state index contributed by atoms with van der Waals surface area (Å²) < 4.78 is 30.9. The van der Waals surface area contributed by atoms with Crippen molar-refractivity contribution in [2.24, 2.45) is 5.92 Å². The van der Waals surface area contributed by atoms with Crippen molar-refractivity contribution in [1.29, 1.82) is 0 Å². The number of benzene rings is 3. The molecule has 0 aliphatic carbocycles. The molecule has 3 aromatic carbocycles. The van der Waals surface area contributed by atoms with Crippen LogP contribution in [0.25, 0.3) is 0 Å². The van der Waals surface area contributed by atoms with Crippen LogP contribution in [0.3, 0.4) is 0 Å². The van der Waals surface area contributed by atoms with Crippen molar-refractivity contribution >= 4 is 11.7 Å². The van der Waals surface area contributed by atoms with Crippen molar-refractivity contribution in [2.45, 2.75) is 44.0 Å². The lowest BCUT2D eigenvalue weighted by Crippen LogP contribution is -2.40. The zero-order valence-electron chi connectivity index (χ0n) is 26.5. The van der Waals surface area contributed by atoms with Gasteiger partial charge in [0.25, 0.3) is 0 Å². The van der Waals surface area contributed by atoms with Crippen molar-refractivity contribution < 1.29 is 33.6 Å². The van der Waals surface area contributed by atoms with Gasteiger partial charge in [-0.2, -0.15) is 4.98 Å². The van der Waals surface area contributed by atoms with Gasteiger partial charge in [-0.1, -0.05) is 68.4 Å². The number of hydrogen-bond acceptors (Lipinski definition) is 9. The second-order valence-electron chi connectivity index (χ2n) is 11.2. The Labute approximate surface area is 267 Å². The fraction of sp³-hybridized carbons (Fsp3) is 0.343. The van der Waals surface area contributed by atoms with Crippen LogP contribution in [0, 0.1) is 5.92 Å². The molecule has 4 atom stereocenters. The van der Waals surface area contributed by atoms with Gasteiger partial charge in [0, 0.05) is 19.2 Å². The first kappa shape index (κ1) is 32.8. The number of hydrogen-bond donors (Lipinski definition) is 2. The summed E-state index contributed by atoms with van der Waals surface area (Å²) >= 11 is 0. The highest BCUT2D eigenvalue weighted by atomic mass is 16.6. The fourth-order valence-electron chi connectivity index (χ4n) is 5.56. The third kappa shape index (κ3) is 6.54. The van der Waals surface area contributed by atoms with E-state index in [0.717, 1.165) is 16.7 Å². The summed E-state index contributed by atoms with van der Waals surface area (Å²) in [5, 5.41) is 14.0. The molecule has 0 saturated carbocycles. The molecule has 1 aromatic heterocycles. The number of methoxy groups -OCH3 is 3. The molecular formula is C35H39N3O8. The Morgan fingerprint density at radius 2 is 1.48 bits per heavy atom. The van der Waals surface area contributed by atoms with Gasteiger partial charge in [0.05, 0.1) is 20.8 Å². The van der Waals surface area contributed by atoms with E-state index in [0.29, 0.717) is 11.5 Å². The average Bonchev–Trinajstić information content (AvgIpc) is 3.40. The Kier molecular flexibility index (Phi) is 10.2. The van der Waals surface area contributed by atoms with Gasteiger partial charge in [0.1, 0.15) is 41.2 Å². The van der Waals surface area contributed by atoms with E-state index < -0.39 is 35.8 Å². The van der Waals surface area contributed by atoms with E-state index in [1.807, 2.05) is 78.9 Å². The van der Waals surface area contributed by atoms with Crippen LogP contribution in [0.1, 0.15) is 36.8 Å². The predicted molar refractivity (Wildman–Crippen MR) is 171 cm³/mol. The number of rotatable bonds is 12. The molecule has 1 unspecified atom stereocenters. The number of aromatic nitrogens is 2. The quantitative estimate of drug-likeness (QED) is 0.222. The van der Waals surface area contributed by atoms with Crippen LogP contribution in [-0.4, -0.2) is 66.8 Å². The van der Waals surface area contributed by atoms with Gasteiger partial charge in [-0.15, -0.1) is 0 Å². The number of amides is 1. The van der Waals surface area contributed by atoms with Gasteiger partial charge in [0.2, 0.25) is 5.91 Å². The average molecular weight is 630 g/mol. The van der Waals surface area contributed by atoms with Crippen molar-refractivity contribution in [3.63, 3.8) is 0 Å². The highest BCUT2D eigenvalue weighted by Gasteiger charge is 2.47. The lowest BCUT2D eigenvalue weighted by atomic mass is 9.80. The van der Waals surface area contributed by atoms with Gasteiger partial charge < -0.3 is 34.1 Å². The number of nitrogens with zero attached hydrogens (tertiary/aromatic N) is 2. The van der Waals surface area contributed by atoms with Crippen LogP contribution in [0.2, 0.25) is 0 Å². The Morgan fingerprint density at radius 1 is 0.913 bits per heavy atom. The molecule has 11 nitrogen and oxygen atoms in total. The lowest BCUT2D eigenvalue weighted by molar-refractivity contribution is -0.118. The number of aliphatic hydroxyl groups is 1. The van der Waals surface area contributed by atoms with E-state index in [4.69, 9.17) is 23.7 Å². The highest BCUT2D eigenvalue weighted by molar-refractivity contribution is 5.91. The molecule has 2 N–H and O–H groups in total. The molecule has 1 amide bonds. The minimum Gasteiger partial charge on any atom is -0.497 e. The summed E-state index contributed by atoms with van der Waals surface area (Å²) in [6, 6.07) is 26.5. The molecule has 11 heteroatoms. The molecule has 0 radical (unpaired) electrons. The molecule has 0 bridgehead atoms. The molecule has 4 aromatic rings. The van der Waals surface area contributed by atoms with Gasteiger partial charge in [-0.3, -0.25) is 9.36 Å². The third-order valence-electron chi connectivity index (χ3n) is 8.10. The first-order valence-electron chi connectivity index (χ1n) is 15.0. The standard InChI is InChI=1S/C35H39N3O8/c1-22(2)32(40)36-29-19-20-38(34(41)37-29)33-31(44-5)30(39)28(46-33)21-45-35(23-9-7-6-8-10-23,24-11-15-26(42-3)16-12-24)25-13-17-27(43-4)18-14-25/h6-20,22,28,30-31,33,39H,21H2,1-5H3,(H,36,37,40,41)/t28-,30?,31+,33-/m1/s1. The SMILES string of the molecule is COc1ccc(C(OC[C@H]2O[C@@H](n3ccc(NC(=O)C(C)C)nc3=O)[C@@H](OC)C2O)(c2ccccc2)c2ccc(OC)cc2)cc1. The van der Waals surface area contributed by atoms with E-state index in [9.17, 15) is 14.7 Å². The zero-order chi connectivity index (χ0) is 32.8. The molecule has 242 valence electrons. The summed E-state index contributed by atoms with van der Waals surface area (Å²) in [5.74, 6) is 0.956. The van der Waals surface area contributed by atoms with E-state index in [2.05, 4.69) is 10.3 Å². The van der Waals surface area contributed by atoms with Crippen LogP contribution < -0.4 is 20.5 Å². The Balaban J connectivity index is 1.50. The van der Waals surface area contributed by atoms with E-state index in [-0.39, 0.29) is 24.2 Å². The molecule has 0 spiro atoms. The maximum Gasteiger partial charge on any atom is 0.351 e. The Hall–Kier alpha value is -4.55. The third-order valence-corrected chi connectivity index (χ3v) is 8.10. The maximum atomic E-state index is 13.1. The summed E-state index contributed by atoms with van der Waals surface area (Å²) in [6.45, 7) is 3.41. The van der Waals surface area contributed by atoms with Gasteiger partial charge in [-0.05, 0) is 47.0 Å². The largest absolute Gasteiger partial charge is 0.497 e. The highest BCUT2D eigenvalue weighted by Crippen LogP contribution is 2.43. The minimum atomic E-state index is -1.15. The molecule has 1 saturated heterocycles. The number of anilines is 1. The van der Waals surface area contributed by atoms with Crippen LogP contribution in [-0.2, 0) is 24.6 Å². The van der Waals surface area contributed by atoms with Crippen LogP contribution in [0.5, 0.6) is 11.5 Å². The first-order valence-corrected chi connectivity index (χ1v) is 15.0. The second-order valence-corrected chi connectivity index (χ2v) is 11.2. The van der Waals surface area contributed by atoms with Crippen molar-refractivity contribution in [3.8, 4) is 11.5 Å². The van der Waals surface area contributed by atoms with E-state index in [1.54, 1.807) is 28.1 Å². The molecule has 1 fully saturated rings. The fourth-order valence-corrected chi connectivity index (χ4v) is 5.56. The Morgan fingerprint density at radius 3 is 1.98 bits per heavy atom. The van der Waals surface area contributed by atoms with Crippen LogP contribution in [0.15, 0.2) is 95.9 Å². The lowest BCUT2D eigenvalue weighted by Gasteiger charge is -2.37. The summed E-state index contributed by atoms with van der Waals surface area (Å²) in [5.41, 5.74) is 0.667. The van der Waals surface area contributed by atoms with Crippen molar-refractivity contribution in [1.82, 2.24) is 9.55 Å². The van der Waals surface area contributed by atoms with Crippen molar-refractivity contribution in [2.75, 3.05) is 33.3 Å². The topological polar surface area (TPSA) is 130 Å². The van der Waals surface area contributed by atoms with E-state index in [1.165, 1.54) is 23.9 Å². The number of carbonyl (C=O) groups is 1. The molecule has 46 heavy (non-hydrogen) atoms. The zero-order valence-corrected chi connectivity index (χ0v) is 26.5. The smallest absolute Gasteiger partial charge is 0.351 e. The van der Waals surface area contributed by atoms with Crippen LogP contribution >= 0.6 is 0 Å². The van der Waals surface area contributed by atoms with Gasteiger partial charge in [0.15, 0.2) is 6.23 Å². The summed E-state index contributed by atoms with van der Waals surface area (Å²) in [4.78, 5) is 29.2. The van der Waals surface area contributed by atoms with Crippen LogP contribution in [0.4, 0.5) is 5.82 Å². The van der Waals surface area contributed by atoms with E-state index >= 15 is 0 Å². The second kappa shape index (κ2) is 14.3. The summed E-state index contributed by atoms with van der Waals surface area (Å²) in [7, 11) is 4.65. The molecule has 2 heterocycles. The Bertz CT molecular complexity index is 1610. The monoisotopic (exact) mass is 629 g/mol.